The molecule has 1 aromatic carbocycles. The summed E-state index contributed by atoms with van der Waals surface area (Å²) in [6.07, 6.45) is 3.66. The summed E-state index contributed by atoms with van der Waals surface area (Å²) in [6, 6.07) is 1.84. The van der Waals surface area contributed by atoms with E-state index >= 15 is 4.39 Å². The molecule has 1 N–H and O–H groups in total. The van der Waals surface area contributed by atoms with Crippen molar-refractivity contribution in [2.45, 2.75) is 56.9 Å². The molecule has 0 spiro atoms. The molecule has 0 bridgehead atoms. The minimum absolute atomic E-state index is 0.0574. The van der Waals surface area contributed by atoms with E-state index in [-0.39, 0.29) is 22.5 Å². The van der Waals surface area contributed by atoms with Gasteiger partial charge in [0.25, 0.3) is 11.5 Å². The van der Waals surface area contributed by atoms with Gasteiger partial charge in [-0.25, -0.2) is 24.0 Å². The molecule has 3 aromatic heterocycles. The van der Waals surface area contributed by atoms with Crippen LogP contribution < -0.4 is 10.9 Å². The van der Waals surface area contributed by atoms with Crippen molar-refractivity contribution in [3.63, 3.8) is 0 Å². The van der Waals surface area contributed by atoms with Gasteiger partial charge in [0.2, 0.25) is 5.82 Å². The van der Waals surface area contributed by atoms with Crippen LogP contribution in [-0.4, -0.2) is 41.4 Å². The second-order valence-corrected chi connectivity index (χ2v) is 10.2. The van der Waals surface area contributed by atoms with Crippen LogP contribution in [0.4, 0.5) is 17.6 Å². The molecule has 39 heavy (non-hydrogen) atoms. The van der Waals surface area contributed by atoms with Gasteiger partial charge >= 0.3 is 6.18 Å². The van der Waals surface area contributed by atoms with Crippen molar-refractivity contribution in [1.82, 2.24) is 34.6 Å². The first kappa shape index (κ1) is 25.1. The van der Waals surface area contributed by atoms with E-state index < -0.39 is 35.0 Å². The molecule has 4 aromatic rings. The molecular formula is C26H23F4N7O2. The molecule has 6 rings (SSSR count). The minimum atomic E-state index is -4.65. The van der Waals surface area contributed by atoms with Crippen molar-refractivity contribution >= 4 is 16.9 Å². The first-order valence-corrected chi connectivity index (χ1v) is 12.5. The number of alkyl halides is 3. The first-order valence-electron chi connectivity index (χ1n) is 12.5. The number of amides is 1. The number of nitrogens with one attached hydrogen (secondary N) is 1. The van der Waals surface area contributed by atoms with Gasteiger partial charge in [-0.3, -0.25) is 14.2 Å². The Hall–Kier alpha value is -4.16. The number of fused-ring (bicyclic) bond motifs is 1. The van der Waals surface area contributed by atoms with E-state index in [1.54, 1.807) is 10.9 Å². The maximum absolute atomic E-state index is 15.3. The number of aromatic nitrogens is 6. The van der Waals surface area contributed by atoms with Crippen LogP contribution in [0.2, 0.25) is 0 Å². The molecule has 2 saturated carbocycles. The van der Waals surface area contributed by atoms with E-state index in [4.69, 9.17) is 0 Å². The van der Waals surface area contributed by atoms with Gasteiger partial charge in [-0.05, 0) is 50.2 Å². The molecule has 3 heterocycles. The molecule has 2 aliphatic rings. The molecule has 0 aliphatic heterocycles. The summed E-state index contributed by atoms with van der Waals surface area (Å²) < 4.78 is 57.1. The Bertz CT molecular complexity index is 1650. The average Bonchev–Trinajstić information content (AvgIpc) is 3.82. The number of hydrogen-bond acceptors (Lipinski definition) is 6. The normalized spacial score (nSPS) is 17.3. The summed E-state index contributed by atoms with van der Waals surface area (Å²) in [5, 5.41) is 7.90. The van der Waals surface area contributed by atoms with Gasteiger partial charge in [0.1, 0.15) is 11.9 Å². The standard InChI is InChI=1S/C26H23F4N7O2/c1-14(26(28,29)30)36-13-31-11-18(24(36)39)16-4-5-19(20(27)8-16)25(6-7-25)35-23(38)21-32-9-17-10-33-37(22(17)34-21)12-15-2-3-15/h4-5,8-11,13-15H,2-3,6-7,12H2,1H3,(H,35,38)/t14-/m0/s1. The molecule has 1 atom stereocenters. The number of carbonyl (C=O) groups excluding carboxylic acids is 1. The van der Waals surface area contributed by atoms with Crippen LogP contribution in [0.25, 0.3) is 22.2 Å². The summed E-state index contributed by atoms with van der Waals surface area (Å²) in [5.74, 6) is -0.766. The van der Waals surface area contributed by atoms with Gasteiger partial charge in [0, 0.05) is 24.5 Å². The summed E-state index contributed by atoms with van der Waals surface area (Å²) in [4.78, 5) is 38.1. The Labute approximate surface area is 218 Å². The third kappa shape index (κ3) is 4.66. The predicted molar refractivity (Wildman–Crippen MR) is 131 cm³/mol. The molecule has 1 amide bonds. The fourth-order valence-corrected chi connectivity index (χ4v) is 4.64. The van der Waals surface area contributed by atoms with Crippen LogP contribution in [0, 0.1) is 11.7 Å². The highest BCUT2D eigenvalue weighted by molar-refractivity contribution is 5.93. The van der Waals surface area contributed by atoms with Gasteiger partial charge in [-0.2, -0.15) is 18.3 Å². The smallest absolute Gasteiger partial charge is 0.340 e. The van der Waals surface area contributed by atoms with Crippen molar-refractivity contribution < 1.29 is 22.4 Å². The van der Waals surface area contributed by atoms with Crippen molar-refractivity contribution in [2.75, 3.05) is 0 Å². The highest BCUT2D eigenvalue weighted by Crippen LogP contribution is 2.47. The predicted octanol–water partition coefficient (Wildman–Crippen LogP) is 4.14. The molecule has 2 fully saturated rings. The van der Waals surface area contributed by atoms with E-state index in [1.165, 1.54) is 18.3 Å². The van der Waals surface area contributed by atoms with Crippen LogP contribution >= 0.6 is 0 Å². The highest BCUT2D eigenvalue weighted by atomic mass is 19.4. The van der Waals surface area contributed by atoms with Crippen LogP contribution in [0.5, 0.6) is 0 Å². The third-order valence-electron chi connectivity index (χ3n) is 7.36. The number of benzene rings is 1. The lowest BCUT2D eigenvalue weighted by atomic mass is 9.99. The third-order valence-corrected chi connectivity index (χ3v) is 7.36. The first-order chi connectivity index (χ1) is 18.6. The molecule has 202 valence electrons. The molecule has 0 unspecified atom stereocenters. The number of carbonyl (C=O) groups is 1. The Kier molecular flexibility index (Phi) is 5.77. The van der Waals surface area contributed by atoms with E-state index in [0.717, 1.165) is 44.9 Å². The second kappa shape index (κ2) is 8.95. The zero-order chi connectivity index (χ0) is 27.5. The monoisotopic (exact) mass is 541 g/mol. The fraction of sp³-hybridized carbons (Fsp3) is 0.385. The van der Waals surface area contributed by atoms with E-state index in [1.807, 2.05) is 0 Å². The fourth-order valence-electron chi connectivity index (χ4n) is 4.64. The quantitative estimate of drug-likeness (QED) is 0.353. The van der Waals surface area contributed by atoms with Gasteiger partial charge in [0.05, 0.1) is 29.0 Å². The number of nitrogens with zero attached hydrogens (tertiary/aromatic N) is 6. The van der Waals surface area contributed by atoms with Gasteiger partial charge < -0.3 is 5.32 Å². The summed E-state index contributed by atoms with van der Waals surface area (Å²) in [5.41, 5.74) is -1.25. The highest BCUT2D eigenvalue weighted by Gasteiger charge is 2.48. The molecule has 0 radical (unpaired) electrons. The van der Waals surface area contributed by atoms with Gasteiger partial charge in [0.15, 0.2) is 5.65 Å². The van der Waals surface area contributed by atoms with Gasteiger partial charge in [-0.15, -0.1) is 0 Å². The molecule has 2 aliphatic carbocycles. The number of rotatable bonds is 7. The zero-order valence-electron chi connectivity index (χ0n) is 20.7. The van der Waals surface area contributed by atoms with Crippen LogP contribution in [-0.2, 0) is 12.1 Å². The van der Waals surface area contributed by atoms with Crippen molar-refractivity contribution in [3.8, 4) is 11.1 Å². The molecule has 9 nitrogen and oxygen atoms in total. The van der Waals surface area contributed by atoms with Crippen molar-refractivity contribution in [3.05, 3.63) is 70.7 Å². The van der Waals surface area contributed by atoms with Crippen LogP contribution in [0.15, 0.2) is 47.9 Å². The maximum atomic E-state index is 15.3. The van der Waals surface area contributed by atoms with E-state index in [9.17, 15) is 22.8 Å². The second-order valence-electron chi connectivity index (χ2n) is 10.2. The van der Waals surface area contributed by atoms with Crippen molar-refractivity contribution in [1.29, 1.82) is 0 Å². The average molecular weight is 542 g/mol. The Morgan fingerprint density at radius 3 is 2.64 bits per heavy atom. The summed E-state index contributed by atoms with van der Waals surface area (Å²) >= 11 is 0. The van der Waals surface area contributed by atoms with Gasteiger partial charge in [-0.1, -0.05) is 12.1 Å². The molecule has 13 heteroatoms. The Morgan fingerprint density at radius 2 is 1.97 bits per heavy atom. The summed E-state index contributed by atoms with van der Waals surface area (Å²) in [7, 11) is 0. The van der Waals surface area contributed by atoms with E-state index in [0.29, 0.717) is 34.4 Å². The number of halogens is 4. The molecule has 0 saturated heterocycles. The number of hydrogen-bond donors (Lipinski definition) is 1. The van der Waals surface area contributed by atoms with E-state index in [2.05, 4.69) is 25.4 Å². The minimum Gasteiger partial charge on any atom is -0.340 e. The SMILES string of the molecule is C[C@H](n1cncc(-c2ccc(C3(NC(=O)c4ncc5cnn(CC6CC6)c5n4)CC3)c(F)c2)c1=O)C(F)(F)F. The lowest BCUT2D eigenvalue weighted by Gasteiger charge is -2.20. The molecular weight excluding hydrogens is 518 g/mol. The van der Waals surface area contributed by atoms with Crippen molar-refractivity contribution in [2.24, 2.45) is 5.92 Å². The lowest BCUT2D eigenvalue weighted by Crippen LogP contribution is -2.36. The summed E-state index contributed by atoms with van der Waals surface area (Å²) in [6.45, 7) is 1.57. The Balaban J connectivity index is 1.25. The zero-order valence-corrected chi connectivity index (χ0v) is 20.7. The van der Waals surface area contributed by atoms with Crippen LogP contribution in [0.1, 0.15) is 54.8 Å². The largest absolute Gasteiger partial charge is 0.409 e. The van der Waals surface area contributed by atoms with Crippen LogP contribution in [0.3, 0.4) is 0 Å². The lowest BCUT2D eigenvalue weighted by molar-refractivity contribution is -0.163. The maximum Gasteiger partial charge on any atom is 0.409 e. The topological polar surface area (TPSA) is 108 Å². The Morgan fingerprint density at radius 1 is 1.21 bits per heavy atom.